The Balaban J connectivity index is 2.84. The topological polar surface area (TPSA) is 37.4 Å². The largest absolute Gasteiger partial charge is 0.298 e. The number of rotatable bonds is 4. The lowest BCUT2D eigenvalue weighted by molar-refractivity contribution is -0.115. The van der Waals surface area contributed by atoms with Gasteiger partial charge in [-0.3, -0.25) is 7.91 Å². The Hall–Kier alpha value is -0.300. The fourth-order valence-electron chi connectivity index (χ4n) is 0.954. The summed E-state index contributed by atoms with van der Waals surface area (Å²) in [5.41, 5.74) is 0.825. The smallest absolute Gasteiger partial charge is 0.274 e. The van der Waals surface area contributed by atoms with Gasteiger partial charge < -0.3 is 0 Å². The van der Waals surface area contributed by atoms with Crippen LogP contribution in [0.2, 0.25) is 0 Å². The van der Waals surface area contributed by atoms with E-state index in [1.54, 1.807) is 3.11 Å². The number of nitrogens with zero attached hydrogens (tertiary/aromatic N) is 1. The van der Waals surface area contributed by atoms with Crippen molar-refractivity contribution in [2.45, 2.75) is 6.92 Å². The third-order valence-electron chi connectivity index (χ3n) is 1.55. The van der Waals surface area contributed by atoms with E-state index in [0.717, 1.165) is 10.2 Å². The van der Waals surface area contributed by atoms with E-state index in [9.17, 15) is 7.86 Å². The second kappa shape index (κ2) is 5.55. The molecule has 0 fully saturated rings. The molecule has 3 nitrogen and oxygen atoms in total. The van der Waals surface area contributed by atoms with Crippen LogP contribution in [0.15, 0.2) is 28.7 Å². The highest BCUT2D eigenvalue weighted by Gasteiger charge is 2.07. The van der Waals surface area contributed by atoms with Crippen LogP contribution in [0, 0.1) is 0 Å². The first-order chi connectivity index (χ1) is 6.63. The Morgan fingerprint density at radius 3 is 2.43 bits per heavy atom. The van der Waals surface area contributed by atoms with Gasteiger partial charge in [0, 0.05) is 10.2 Å². The van der Waals surface area contributed by atoms with E-state index in [1.807, 2.05) is 24.3 Å². The number of ketones is 1. The van der Waals surface area contributed by atoms with Crippen molar-refractivity contribution in [2.24, 2.45) is 0 Å². The van der Waals surface area contributed by atoms with Gasteiger partial charge in [0.1, 0.15) is 5.78 Å². The van der Waals surface area contributed by atoms with Gasteiger partial charge in [0.25, 0.3) is 21.5 Å². The molecule has 0 radical (unpaired) electrons. The fourth-order valence-corrected chi connectivity index (χ4v) is 2.39. The highest BCUT2D eigenvalue weighted by atomic mass is 127. The summed E-state index contributed by atoms with van der Waals surface area (Å²) in [6.45, 7) is 1.71. The second-order valence-corrected chi connectivity index (χ2v) is 5.24. The number of benzene rings is 1. The molecule has 0 aliphatic heterocycles. The maximum atomic E-state index is 10.9. The molecule has 14 heavy (non-hydrogen) atoms. The van der Waals surface area contributed by atoms with Gasteiger partial charge in [0.2, 0.25) is 0 Å². The van der Waals surface area contributed by atoms with Crippen molar-refractivity contribution in [1.82, 2.24) is 0 Å². The van der Waals surface area contributed by atoms with Crippen LogP contribution in [0.25, 0.3) is 0 Å². The van der Waals surface area contributed by atoms with Crippen LogP contribution >= 0.6 is 37.4 Å². The minimum Gasteiger partial charge on any atom is -0.298 e. The van der Waals surface area contributed by atoms with Gasteiger partial charge in [-0.2, -0.15) is 0 Å². The molecule has 0 N–H and O–H groups in total. The Bertz CT molecular complexity index is 339. The van der Waals surface area contributed by atoms with Crippen molar-refractivity contribution in [2.75, 3.05) is 9.66 Å². The first-order valence-electron chi connectivity index (χ1n) is 3.93. The molecule has 1 aromatic carbocycles. The van der Waals surface area contributed by atoms with Crippen LogP contribution < -0.4 is 3.11 Å². The highest BCUT2D eigenvalue weighted by Crippen LogP contribution is 2.23. The summed E-state index contributed by atoms with van der Waals surface area (Å²) in [5.74, 6) is 0.0171. The van der Waals surface area contributed by atoms with Crippen LogP contribution in [0.3, 0.4) is 0 Å². The van der Waals surface area contributed by atoms with Crippen molar-refractivity contribution in [1.29, 1.82) is 0 Å². The lowest BCUT2D eigenvalue weighted by Gasteiger charge is -2.13. The summed E-state index contributed by atoms with van der Waals surface area (Å²) in [6, 6.07) is 7.40. The molecule has 0 saturated heterocycles. The molecule has 0 spiro atoms. The molecule has 1 rings (SSSR count). The lowest BCUT2D eigenvalue weighted by Crippen LogP contribution is -2.18. The molecule has 76 valence electrons. The van der Waals surface area contributed by atoms with Gasteiger partial charge in [-0.05, 0) is 31.2 Å². The average Bonchev–Trinajstić information content (AvgIpc) is 2.15. The van der Waals surface area contributed by atoms with Gasteiger partial charge in [0.15, 0.2) is 0 Å². The molecule has 0 unspecified atom stereocenters. The minimum absolute atomic E-state index is 0.0171. The Labute approximate surface area is 102 Å². The van der Waals surface area contributed by atoms with Crippen molar-refractivity contribution in [3.63, 3.8) is 0 Å². The van der Waals surface area contributed by atoms with Gasteiger partial charge in [-0.25, -0.2) is 3.07 Å². The van der Waals surface area contributed by atoms with Crippen molar-refractivity contribution < 1.29 is 7.86 Å². The summed E-state index contributed by atoms with van der Waals surface area (Å²) >= 11 is 1.98. The molecule has 0 aliphatic carbocycles. The third kappa shape index (κ3) is 3.45. The van der Waals surface area contributed by atoms with Crippen LogP contribution in [0.1, 0.15) is 6.92 Å². The predicted octanol–water partition coefficient (Wildman–Crippen LogP) is 3.08. The standard InChI is InChI=1S/C9H9BrINO2/c1-7(13)6-12(11-14)9-4-2-8(10)3-5-9/h2-5H,6H2,1H3. The molecule has 0 saturated carbocycles. The van der Waals surface area contributed by atoms with E-state index >= 15 is 0 Å². The van der Waals surface area contributed by atoms with Crippen molar-refractivity contribution in [3.8, 4) is 0 Å². The summed E-state index contributed by atoms with van der Waals surface area (Å²) in [4.78, 5) is 10.9. The molecule has 0 aromatic heterocycles. The van der Waals surface area contributed by atoms with Gasteiger partial charge in [0.05, 0.1) is 6.54 Å². The summed E-state index contributed by atoms with van der Waals surface area (Å²) < 4.78 is 13.5. The number of carbonyl (C=O) groups is 1. The average molecular weight is 370 g/mol. The van der Waals surface area contributed by atoms with E-state index in [-0.39, 0.29) is 12.3 Å². The number of Topliss-reactive ketones (excluding diaryl/α,β-unsaturated/α-hetero) is 1. The normalized spacial score (nSPS) is 9.86. The Kier molecular flexibility index (Phi) is 4.67. The fraction of sp³-hybridized carbons (Fsp3) is 0.222. The number of hydrogen-bond acceptors (Lipinski definition) is 2. The molecule has 0 amide bonds. The second-order valence-electron chi connectivity index (χ2n) is 2.77. The molecule has 0 atom stereocenters. The maximum absolute atomic E-state index is 10.9. The SMILES string of the molecule is CC(=O)CN(I=O)c1ccc(Br)cc1. The molecule has 0 heterocycles. The lowest BCUT2D eigenvalue weighted by atomic mass is 10.3. The maximum Gasteiger partial charge on any atom is 0.274 e. The van der Waals surface area contributed by atoms with Crippen LogP contribution in [0.5, 0.6) is 0 Å². The van der Waals surface area contributed by atoms with Crippen molar-refractivity contribution >= 4 is 48.9 Å². The predicted molar refractivity (Wildman–Crippen MR) is 66.9 cm³/mol. The quantitative estimate of drug-likeness (QED) is 0.604. The molecule has 1 aromatic rings. The first-order valence-corrected chi connectivity index (χ1v) is 6.57. The number of halogens is 2. The zero-order valence-corrected chi connectivity index (χ0v) is 11.3. The van der Waals surface area contributed by atoms with Gasteiger partial charge in [-0.1, -0.05) is 15.9 Å². The molecule has 5 heteroatoms. The zero-order chi connectivity index (χ0) is 10.6. The van der Waals surface area contributed by atoms with Crippen molar-refractivity contribution in [3.05, 3.63) is 28.7 Å². The summed E-state index contributed by atoms with van der Waals surface area (Å²) in [6.07, 6.45) is 0. The summed E-state index contributed by atoms with van der Waals surface area (Å²) in [5, 5.41) is 0. The molecule has 0 bridgehead atoms. The van der Waals surface area contributed by atoms with Gasteiger partial charge in [-0.15, -0.1) is 0 Å². The zero-order valence-electron chi connectivity index (χ0n) is 7.54. The minimum atomic E-state index is -1.33. The van der Waals surface area contributed by atoms with E-state index in [2.05, 4.69) is 15.9 Å². The number of hydrogen-bond donors (Lipinski definition) is 0. The number of anilines is 1. The van der Waals surface area contributed by atoms with Gasteiger partial charge >= 0.3 is 0 Å². The molecular formula is C9H9BrINO2. The first kappa shape index (κ1) is 11.8. The Morgan fingerprint density at radius 1 is 1.43 bits per heavy atom. The highest BCUT2D eigenvalue weighted by molar-refractivity contribution is 14.1. The van der Waals surface area contributed by atoms with Crippen LogP contribution in [0.4, 0.5) is 5.69 Å². The third-order valence-corrected chi connectivity index (χ3v) is 3.45. The van der Waals surface area contributed by atoms with E-state index in [1.165, 1.54) is 6.92 Å². The van der Waals surface area contributed by atoms with Crippen LogP contribution in [-0.4, -0.2) is 12.3 Å². The van der Waals surface area contributed by atoms with E-state index < -0.39 is 21.5 Å². The van der Waals surface area contributed by atoms with E-state index in [4.69, 9.17) is 0 Å². The van der Waals surface area contributed by atoms with Crippen LogP contribution in [-0.2, 0) is 7.86 Å². The Morgan fingerprint density at radius 2 is 2.00 bits per heavy atom. The summed E-state index contributed by atoms with van der Waals surface area (Å²) in [7, 11) is 0. The van der Waals surface area contributed by atoms with E-state index in [0.29, 0.717) is 0 Å². The molecular weight excluding hydrogens is 361 g/mol. The molecule has 0 aliphatic rings. The monoisotopic (exact) mass is 369 g/mol. The number of carbonyl (C=O) groups excluding carboxylic acids is 1.